The van der Waals surface area contributed by atoms with Gasteiger partial charge in [0.15, 0.2) is 8.24 Å². The molecule has 2 saturated heterocycles. The second kappa shape index (κ2) is 7.19. The molecule has 2 fully saturated rings. The van der Waals surface area contributed by atoms with E-state index in [0.29, 0.717) is 0 Å². The minimum Gasteiger partial charge on any atom is -0.447 e. The molecule has 6 nitrogen and oxygen atoms in total. The number of ether oxygens (including phenoxy) is 2. The Balaban J connectivity index is 1.95. The van der Waals surface area contributed by atoms with Gasteiger partial charge in [-0.05, 0) is 33.3 Å². The topological polar surface area (TPSA) is 59.1 Å². The Kier molecular flexibility index (Phi) is 5.36. The van der Waals surface area contributed by atoms with E-state index in [9.17, 15) is 9.59 Å². The van der Waals surface area contributed by atoms with E-state index < -0.39 is 20.4 Å². The predicted molar refractivity (Wildman–Crippen MR) is 110 cm³/mol. The van der Waals surface area contributed by atoms with Crippen molar-refractivity contribution in [2.45, 2.75) is 77.2 Å². The molecule has 154 valence electrons. The van der Waals surface area contributed by atoms with Crippen LogP contribution in [0.4, 0.5) is 4.79 Å². The molecule has 1 aromatic rings. The van der Waals surface area contributed by atoms with Crippen molar-refractivity contribution in [1.82, 2.24) is 9.47 Å². The zero-order valence-electron chi connectivity index (χ0n) is 17.9. The summed E-state index contributed by atoms with van der Waals surface area (Å²) in [5.41, 5.74) is 0.647. The van der Waals surface area contributed by atoms with E-state index in [1.54, 1.807) is 4.90 Å². The van der Waals surface area contributed by atoms with Crippen LogP contribution in [0.1, 0.15) is 39.3 Å². The number of cyclic esters (lactones) is 1. The lowest BCUT2D eigenvalue weighted by molar-refractivity contribution is -0.166. The van der Waals surface area contributed by atoms with E-state index in [2.05, 4.69) is 19.6 Å². The molecule has 4 atom stereocenters. The molecule has 0 unspecified atom stereocenters. The van der Waals surface area contributed by atoms with Crippen LogP contribution < -0.4 is 0 Å². The molecule has 2 aliphatic rings. The highest BCUT2D eigenvalue weighted by Gasteiger charge is 2.60. The van der Waals surface area contributed by atoms with Gasteiger partial charge in [-0.2, -0.15) is 0 Å². The van der Waals surface area contributed by atoms with Gasteiger partial charge in [-0.25, -0.2) is 4.79 Å². The highest BCUT2D eigenvalue weighted by molar-refractivity contribution is 6.76. The second-order valence-corrected chi connectivity index (χ2v) is 14.5. The van der Waals surface area contributed by atoms with Crippen molar-refractivity contribution in [2.24, 2.45) is 0 Å². The van der Waals surface area contributed by atoms with Gasteiger partial charge < -0.3 is 14.0 Å². The van der Waals surface area contributed by atoms with Crippen LogP contribution in [0.15, 0.2) is 30.3 Å². The van der Waals surface area contributed by atoms with E-state index in [0.717, 1.165) is 5.56 Å². The predicted octanol–water partition coefficient (Wildman–Crippen LogP) is 3.80. The van der Waals surface area contributed by atoms with Crippen LogP contribution in [0.5, 0.6) is 0 Å². The zero-order valence-corrected chi connectivity index (χ0v) is 18.9. The second-order valence-electron chi connectivity index (χ2n) is 9.66. The molecule has 1 aromatic carbocycles. The van der Waals surface area contributed by atoms with Crippen molar-refractivity contribution in [3.05, 3.63) is 35.9 Å². The number of hydrogen-bond acceptors (Lipinski definition) is 4. The van der Waals surface area contributed by atoms with Gasteiger partial charge in [0.05, 0.1) is 23.8 Å². The number of carbonyl (C=O) groups is 2. The molecule has 0 aromatic heterocycles. The average molecular weight is 405 g/mol. The molecular formula is C21H32N2O4Si. The lowest BCUT2D eigenvalue weighted by Crippen LogP contribution is -2.79. The van der Waals surface area contributed by atoms with E-state index in [-0.39, 0.29) is 36.3 Å². The number of benzene rings is 1. The summed E-state index contributed by atoms with van der Waals surface area (Å²) in [5, 5.41) is 0. The van der Waals surface area contributed by atoms with Gasteiger partial charge in [0, 0.05) is 0 Å². The van der Waals surface area contributed by atoms with Crippen LogP contribution in [0.2, 0.25) is 19.6 Å². The lowest BCUT2D eigenvalue weighted by atomic mass is 9.90. The summed E-state index contributed by atoms with van der Waals surface area (Å²) in [7, 11) is -1.93. The largest absolute Gasteiger partial charge is 0.447 e. The monoisotopic (exact) mass is 404 g/mol. The van der Waals surface area contributed by atoms with Crippen molar-refractivity contribution >= 4 is 20.2 Å². The molecule has 7 heteroatoms. The van der Waals surface area contributed by atoms with E-state index in [1.807, 2.05) is 62.6 Å². The summed E-state index contributed by atoms with van der Waals surface area (Å²) in [4.78, 5) is 27.5. The Bertz CT molecular complexity index is 741. The summed E-state index contributed by atoms with van der Waals surface area (Å²) >= 11 is 0. The normalized spacial score (nSPS) is 26.9. The van der Waals surface area contributed by atoms with E-state index >= 15 is 0 Å². The summed E-state index contributed by atoms with van der Waals surface area (Å²) in [5.74, 6) is 0.00769. The quantitative estimate of drug-likeness (QED) is 0.553. The summed E-state index contributed by atoms with van der Waals surface area (Å²) in [6.07, 6.45) is -0.616. The zero-order chi connectivity index (χ0) is 20.9. The molecular weight excluding hydrogens is 372 g/mol. The number of nitrogens with zero attached hydrogens (tertiary/aromatic N) is 2. The van der Waals surface area contributed by atoms with Crippen LogP contribution >= 0.6 is 0 Å². The maximum Gasteiger partial charge on any atom is 0.411 e. The maximum absolute atomic E-state index is 13.3. The number of carbonyl (C=O) groups excluding carboxylic acids is 2. The van der Waals surface area contributed by atoms with Gasteiger partial charge in [0.1, 0.15) is 12.6 Å². The fourth-order valence-corrected chi connectivity index (χ4v) is 6.36. The van der Waals surface area contributed by atoms with Crippen LogP contribution in [-0.4, -0.2) is 60.1 Å². The number of β-lactam (4-membered cyclic amide) rings is 1. The first-order valence-electron chi connectivity index (χ1n) is 9.93. The van der Waals surface area contributed by atoms with Gasteiger partial charge in [-0.3, -0.25) is 9.69 Å². The Morgan fingerprint density at radius 2 is 1.75 bits per heavy atom. The molecule has 3 rings (SSSR count). The Hall–Kier alpha value is -1.86. The first kappa shape index (κ1) is 20.9. The highest BCUT2D eigenvalue weighted by atomic mass is 28.3. The third kappa shape index (κ3) is 3.82. The van der Waals surface area contributed by atoms with Crippen molar-refractivity contribution in [3.63, 3.8) is 0 Å². The first-order chi connectivity index (χ1) is 12.9. The van der Waals surface area contributed by atoms with E-state index in [4.69, 9.17) is 9.47 Å². The molecule has 2 heterocycles. The first-order valence-corrected chi connectivity index (χ1v) is 13.4. The van der Waals surface area contributed by atoms with Crippen LogP contribution in [0.25, 0.3) is 0 Å². The Morgan fingerprint density at radius 3 is 2.29 bits per heavy atom. The smallest absolute Gasteiger partial charge is 0.411 e. The van der Waals surface area contributed by atoms with Crippen molar-refractivity contribution in [2.75, 3.05) is 6.61 Å². The van der Waals surface area contributed by atoms with Crippen LogP contribution in [0.3, 0.4) is 0 Å². The Labute approximate surface area is 168 Å². The third-order valence-electron chi connectivity index (χ3n) is 5.25. The average Bonchev–Trinajstić information content (AvgIpc) is 2.92. The molecule has 0 bridgehead atoms. The van der Waals surface area contributed by atoms with Crippen molar-refractivity contribution in [3.8, 4) is 0 Å². The number of rotatable bonds is 5. The Morgan fingerprint density at radius 1 is 1.14 bits per heavy atom. The molecule has 0 spiro atoms. The third-order valence-corrected chi connectivity index (χ3v) is 7.21. The fraction of sp³-hybridized carbons (Fsp3) is 0.619. The summed E-state index contributed by atoms with van der Waals surface area (Å²) in [6.45, 7) is 14.7. The minimum absolute atomic E-state index is 0.00769. The number of amides is 2. The molecule has 28 heavy (non-hydrogen) atoms. The molecule has 0 N–H and O–H groups in total. The van der Waals surface area contributed by atoms with Gasteiger partial charge in [-0.15, -0.1) is 0 Å². The molecule has 0 radical (unpaired) electrons. The van der Waals surface area contributed by atoms with Gasteiger partial charge >= 0.3 is 6.09 Å². The fourth-order valence-electron chi connectivity index (χ4n) is 4.32. The van der Waals surface area contributed by atoms with Gasteiger partial charge in [0.2, 0.25) is 5.91 Å². The van der Waals surface area contributed by atoms with Gasteiger partial charge in [-0.1, -0.05) is 50.0 Å². The standard InChI is InChI=1S/C21H32N2O4Si/c1-14(27-21(2,3)4)17-18(19(24)23(17)28(5,6)7)22-16(13-26-20(22)25)15-11-9-8-10-12-15/h8-12,14,16-18H,13H2,1-7H3/t14-,16+,17-,18-/m0/s1. The van der Waals surface area contributed by atoms with Crippen LogP contribution in [-0.2, 0) is 14.3 Å². The molecule has 0 aliphatic carbocycles. The highest BCUT2D eigenvalue weighted by Crippen LogP contribution is 2.40. The maximum atomic E-state index is 13.3. The van der Waals surface area contributed by atoms with E-state index in [1.165, 1.54) is 0 Å². The SMILES string of the molecule is C[C@H](OC(C)(C)C)[C@H]1[C@H](N2C(=O)OC[C@@H]2c2ccccc2)C(=O)N1[Si](C)(C)C. The van der Waals surface area contributed by atoms with Gasteiger partial charge in [0.25, 0.3) is 0 Å². The summed E-state index contributed by atoms with van der Waals surface area (Å²) < 4.78 is 13.6. The lowest BCUT2D eigenvalue weighted by Gasteiger charge is -2.58. The minimum atomic E-state index is -1.93. The van der Waals surface area contributed by atoms with Crippen LogP contribution in [0, 0.1) is 0 Å². The number of hydrogen-bond donors (Lipinski definition) is 0. The summed E-state index contributed by atoms with van der Waals surface area (Å²) in [6, 6.07) is 8.79. The molecule has 2 aliphatic heterocycles. The molecule has 0 saturated carbocycles. The molecule has 2 amide bonds. The van der Waals surface area contributed by atoms with Crippen molar-refractivity contribution in [1.29, 1.82) is 0 Å². The van der Waals surface area contributed by atoms with Crippen molar-refractivity contribution < 1.29 is 19.1 Å².